The molecule has 0 saturated heterocycles. The Morgan fingerprint density at radius 3 is 0.654 bits per heavy atom. The van der Waals surface area contributed by atoms with Crippen molar-refractivity contribution in [3.05, 3.63) is 0 Å². The molecule has 0 aliphatic rings. The van der Waals surface area contributed by atoms with Gasteiger partial charge in [-0.05, 0) is 37.5 Å². The predicted molar refractivity (Wildman–Crippen MR) is 428 cm³/mol. The average Bonchev–Trinajstić information content (AvgIpc) is 0.912. The van der Waals surface area contributed by atoms with E-state index in [0.717, 1.165) is 102 Å². The van der Waals surface area contributed by atoms with Crippen molar-refractivity contribution < 1.29 is 80.2 Å². The van der Waals surface area contributed by atoms with E-state index in [2.05, 4.69) is 41.5 Å². The number of aliphatic hydroxyl groups excluding tert-OH is 1. The van der Waals surface area contributed by atoms with Crippen LogP contribution < -0.4 is 0 Å². The Morgan fingerprint density at radius 2 is 0.442 bits per heavy atom. The lowest BCUT2D eigenvalue weighted by molar-refractivity contribution is -0.161. The number of phosphoric acid groups is 2. The number of esters is 4. The van der Waals surface area contributed by atoms with E-state index in [9.17, 15) is 43.2 Å². The van der Waals surface area contributed by atoms with Gasteiger partial charge in [0.05, 0.1) is 26.4 Å². The minimum absolute atomic E-state index is 0.109. The van der Waals surface area contributed by atoms with Crippen LogP contribution in [0.5, 0.6) is 0 Å². The van der Waals surface area contributed by atoms with Gasteiger partial charge in [-0.3, -0.25) is 37.3 Å². The summed E-state index contributed by atoms with van der Waals surface area (Å²) in [5, 5.41) is 10.7. The second kappa shape index (κ2) is 76.4. The Hall–Kier alpha value is -1.94. The van der Waals surface area contributed by atoms with Crippen molar-refractivity contribution in [1.82, 2.24) is 0 Å². The number of carbonyl (C=O) groups is 4. The van der Waals surface area contributed by atoms with E-state index < -0.39 is 97.5 Å². The molecule has 0 aliphatic carbocycles. The first-order chi connectivity index (χ1) is 50.4. The average molecular weight is 1520 g/mol. The van der Waals surface area contributed by atoms with Crippen LogP contribution in [0.1, 0.15) is 452 Å². The lowest BCUT2D eigenvalue weighted by Crippen LogP contribution is -2.30. The fourth-order valence-electron chi connectivity index (χ4n) is 13.2. The largest absolute Gasteiger partial charge is 0.472 e. The van der Waals surface area contributed by atoms with Crippen LogP contribution in [0.15, 0.2) is 0 Å². The number of hydrogen-bond donors (Lipinski definition) is 3. The molecule has 0 rings (SSSR count). The maximum atomic E-state index is 13.1. The van der Waals surface area contributed by atoms with E-state index in [1.54, 1.807) is 0 Å². The van der Waals surface area contributed by atoms with Gasteiger partial charge in [0.1, 0.15) is 19.3 Å². The summed E-state index contributed by atoms with van der Waals surface area (Å²) in [5.74, 6) is -0.475. The van der Waals surface area contributed by atoms with Gasteiger partial charge in [-0.2, -0.15) is 0 Å². The molecule has 0 aromatic carbocycles. The quantitative estimate of drug-likeness (QED) is 0.0222. The molecule has 0 aromatic rings. The number of rotatable bonds is 84. The Morgan fingerprint density at radius 1 is 0.260 bits per heavy atom. The summed E-state index contributed by atoms with van der Waals surface area (Å²) < 4.78 is 68.8. The van der Waals surface area contributed by atoms with Crippen molar-refractivity contribution in [2.24, 2.45) is 11.8 Å². The monoisotopic (exact) mass is 1520 g/mol. The van der Waals surface area contributed by atoms with Crippen LogP contribution in [0.3, 0.4) is 0 Å². The van der Waals surface area contributed by atoms with E-state index in [4.69, 9.17) is 37.0 Å². The topological polar surface area (TPSA) is 237 Å². The highest BCUT2D eigenvalue weighted by Crippen LogP contribution is 2.45. The first-order valence-corrected chi connectivity index (χ1v) is 47.0. The van der Waals surface area contributed by atoms with Crippen LogP contribution >= 0.6 is 15.6 Å². The number of phosphoric ester groups is 2. The van der Waals surface area contributed by atoms with Crippen LogP contribution in [-0.4, -0.2) is 96.7 Å². The molecule has 0 radical (unpaired) electrons. The Kier molecular flexibility index (Phi) is 75.0. The number of ether oxygens (including phenoxy) is 4. The molecule has 618 valence electrons. The third kappa shape index (κ3) is 78.2. The third-order valence-corrected chi connectivity index (χ3v) is 21.9. The predicted octanol–water partition coefficient (Wildman–Crippen LogP) is 25.8. The van der Waals surface area contributed by atoms with E-state index in [1.807, 2.05) is 0 Å². The molecule has 0 aromatic heterocycles. The normalized spacial score (nSPS) is 13.8. The summed E-state index contributed by atoms with van der Waals surface area (Å²) in [4.78, 5) is 73.2. The van der Waals surface area contributed by atoms with Gasteiger partial charge in [0.15, 0.2) is 12.2 Å². The van der Waals surface area contributed by atoms with Gasteiger partial charge in [0.25, 0.3) is 0 Å². The highest BCUT2D eigenvalue weighted by Gasteiger charge is 2.30. The van der Waals surface area contributed by atoms with Gasteiger partial charge >= 0.3 is 39.5 Å². The highest BCUT2D eigenvalue weighted by molar-refractivity contribution is 7.47. The number of hydrogen-bond acceptors (Lipinski definition) is 15. The standard InChI is InChI=1S/C85H166O17P2/c1-7-9-11-13-15-17-19-20-26-34-39-45-51-57-63-69-84(89)101-80(73-95-82(87)67-61-55-49-43-18-16-14-12-10-8-2)75-99-103(91,92)97-71-79(86)72-98-104(93,94)100-76-81(74-96-83(88)68-62-56-50-44-38-33-30-25-28-32-37-42-48-54-60-66-78(5)6)102-85(90)70-64-58-52-46-40-35-29-24-22-21-23-27-31-36-41-47-53-59-65-77(3)4/h77-81,86H,7-76H2,1-6H3,(H,91,92)(H,93,94)/t79-,80+,81+/m0/s1. The SMILES string of the molecule is CCCCCCCCCCCCCCCCCC(=O)O[C@H](COC(=O)CCCCCCCCCCCC)COP(=O)(O)OC[C@H](O)COP(=O)(O)OC[C@@H](COC(=O)CCCCCCCCCCCCCCCCCC(C)C)OC(=O)CCCCCCCCCCCCCCCCCCCCC(C)C. The van der Waals surface area contributed by atoms with Gasteiger partial charge in [0.2, 0.25) is 0 Å². The van der Waals surface area contributed by atoms with Crippen molar-refractivity contribution in [3.8, 4) is 0 Å². The maximum Gasteiger partial charge on any atom is 0.472 e. The van der Waals surface area contributed by atoms with Crippen molar-refractivity contribution in [3.63, 3.8) is 0 Å². The summed E-state index contributed by atoms with van der Waals surface area (Å²) in [6.45, 7) is 9.72. The van der Waals surface area contributed by atoms with Crippen molar-refractivity contribution in [2.75, 3.05) is 39.6 Å². The second-order valence-corrected chi connectivity index (χ2v) is 34.4. The Bertz CT molecular complexity index is 1990. The Balaban J connectivity index is 5.22. The molecule has 3 N–H and O–H groups in total. The van der Waals surface area contributed by atoms with Crippen LogP contribution in [0.4, 0.5) is 0 Å². The summed E-state index contributed by atoms with van der Waals surface area (Å²) in [5.41, 5.74) is 0. The molecular weight excluding hydrogens is 1350 g/mol. The maximum absolute atomic E-state index is 13.1. The lowest BCUT2D eigenvalue weighted by atomic mass is 10.0. The lowest BCUT2D eigenvalue weighted by Gasteiger charge is -2.21. The molecule has 104 heavy (non-hydrogen) atoms. The van der Waals surface area contributed by atoms with Gasteiger partial charge in [-0.1, -0.05) is 401 Å². The number of carbonyl (C=O) groups excluding carboxylic acids is 4. The van der Waals surface area contributed by atoms with Crippen molar-refractivity contribution in [2.45, 2.75) is 471 Å². The molecular formula is C85H166O17P2. The summed E-state index contributed by atoms with van der Waals surface area (Å²) in [6, 6.07) is 0. The zero-order chi connectivity index (χ0) is 76.4. The van der Waals surface area contributed by atoms with Crippen molar-refractivity contribution >= 4 is 39.5 Å². The molecule has 0 heterocycles. The molecule has 0 spiro atoms. The smallest absolute Gasteiger partial charge is 0.462 e. The van der Waals surface area contributed by atoms with Gasteiger partial charge < -0.3 is 33.8 Å². The highest BCUT2D eigenvalue weighted by atomic mass is 31.2. The molecule has 0 bridgehead atoms. The number of unbranched alkanes of at least 4 members (excludes halogenated alkanes) is 54. The van der Waals surface area contributed by atoms with Gasteiger partial charge in [-0.25, -0.2) is 9.13 Å². The number of aliphatic hydroxyl groups is 1. The molecule has 0 aliphatic heterocycles. The molecule has 0 fully saturated rings. The van der Waals surface area contributed by atoms with Crippen molar-refractivity contribution in [1.29, 1.82) is 0 Å². The van der Waals surface area contributed by atoms with E-state index in [-0.39, 0.29) is 25.7 Å². The summed E-state index contributed by atoms with van der Waals surface area (Å²) in [6.07, 6.45) is 68.0. The molecule has 0 saturated carbocycles. The molecule has 19 heteroatoms. The van der Waals surface area contributed by atoms with E-state index >= 15 is 0 Å². The van der Waals surface area contributed by atoms with Crippen LogP contribution in [-0.2, 0) is 65.4 Å². The zero-order valence-corrected chi connectivity index (χ0v) is 70.1. The molecule has 17 nitrogen and oxygen atoms in total. The molecule has 2 unspecified atom stereocenters. The minimum Gasteiger partial charge on any atom is -0.462 e. The second-order valence-electron chi connectivity index (χ2n) is 31.5. The fraction of sp³-hybridized carbons (Fsp3) is 0.953. The van der Waals surface area contributed by atoms with E-state index in [1.165, 1.54) is 270 Å². The van der Waals surface area contributed by atoms with Crippen LogP contribution in [0.2, 0.25) is 0 Å². The first kappa shape index (κ1) is 102. The van der Waals surface area contributed by atoms with Gasteiger partial charge in [-0.15, -0.1) is 0 Å². The molecule has 5 atom stereocenters. The summed E-state index contributed by atoms with van der Waals surface area (Å²) in [7, 11) is -9.92. The van der Waals surface area contributed by atoms with E-state index in [0.29, 0.717) is 25.7 Å². The Labute approximate surface area is 638 Å². The minimum atomic E-state index is -4.96. The first-order valence-electron chi connectivity index (χ1n) is 44.0. The zero-order valence-electron chi connectivity index (χ0n) is 68.3. The summed E-state index contributed by atoms with van der Waals surface area (Å²) >= 11 is 0. The van der Waals surface area contributed by atoms with Crippen LogP contribution in [0, 0.1) is 11.8 Å². The van der Waals surface area contributed by atoms with Gasteiger partial charge in [0, 0.05) is 25.7 Å². The fourth-order valence-corrected chi connectivity index (χ4v) is 14.8. The third-order valence-electron chi connectivity index (χ3n) is 20.0. The van der Waals surface area contributed by atoms with Crippen LogP contribution in [0.25, 0.3) is 0 Å². The molecule has 0 amide bonds.